The monoisotopic (exact) mass is 850 g/mol. The van der Waals surface area contributed by atoms with Gasteiger partial charge in [-0.2, -0.15) is 0 Å². The lowest BCUT2D eigenvalue weighted by atomic mass is 10.1. The fraction of sp³-hybridized carbons (Fsp3) is 0.306. The van der Waals surface area contributed by atoms with Gasteiger partial charge in [0.2, 0.25) is 0 Å². The molecule has 296 valence electrons. The molecule has 0 spiro atoms. The number of rotatable bonds is 19. The van der Waals surface area contributed by atoms with E-state index in [9.17, 15) is 0 Å². The molecule has 0 radical (unpaired) electrons. The van der Waals surface area contributed by atoms with Crippen LogP contribution in [0.25, 0.3) is 0 Å². The summed E-state index contributed by atoms with van der Waals surface area (Å²) < 4.78 is 25.3. The van der Waals surface area contributed by atoms with E-state index >= 15 is 0 Å². The number of methoxy groups -OCH3 is 3. The van der Waals surface area contributed by atoms with Crippen molar-refractivity contribution in [3.05, 3.63) is 158 Å². The maximum Gasteiger partial charge on any atom is 0.261 e. The second-order valence-corrected chi connectivity index (χ2v) is 22.8. The summed E-state index contributed by atoms with van der Waals surface area (Å²) in [5.74, 6) is 2.49. The highest BCUT2D eigenvalue weighted by Gasteiger charge is 2.51. The standard InChI is InChI=1S/C49H60O4PSi.BrH/c1-8-9-10-11-12-15-24-40(53-55(49(2,3)4,47-32-16-13-17-33-47)48-34-18-14-19-35-48)28-23-36-54(44-29-20-25-41(37-44)50-5,45-30-21-26-42(38-45)51-6)46-31-22-27-43(39-46)52-7;/h12-23,25-35,37-40H,8-11,24,36H2,1-7H3;1H/q+1;/p-1/b15-12-,28-23+;/t40-;/m0./s1. The lowest BCUT2D eigenvalue weighted by Gasteiger charge is -2.44. The zero-order chi connectivity index (χ0) is 39.2. The lowest BCUT2D eigenvalue weighted by Crippen LogP contribution is -3.00. The van der Waals surface area contributed by atoms with E-state index in [0.29, 0.717) is 0 Å². The Balaban J connectivity index is 0.00000696. The number of unbranched alkanes of at least 4 members (excludes halogenated alkanes) is 3. The van der Waals surface area contributed by atoms with Crippen molar-refractivity contribution in [1.29, 1.82) is 0 Å². The Bertz CT molecular complexity index is 1820. The van der Waals surface area contributed by atoms with E-state index < -0.39 is 15.6 Å². The van der Waals surface area contributed by atoms with Crippen molar-refractivity contribution in [1.82, 2.24) is 0 Å². The maximum atomic E-state index is 7.80. The molecule has 0 saturated heterocycles. The Morgan fingerprint density at radius 3 is 1.46 bits per heavy atom. The predicted molar refractivity (Wildman–Crippen MR) is 239 cm³/mol. The van der Waals surface area contributed by atoms with Gasteiger partial charge in [-0.1, -0.05) is 138 Å². The molecule has 5 aromatic rings. The number of halogens is 1. The average Bonchev–Trinajstić information content (AvgIpc) is 3.22. The van der Waals surface area contributed by atoms with Gasteiger partial charge >= 0.3 is 0 Å². The first-order valence-corrected chi connectivity index (χ1v) is 23.5. The van der Waals surface area contributed by atoms with E-state index in [1.165, 1.54) is 45.5 Å². The molecule has 0 unspecified atom stereocenters. The molecular formula is C49H60BrO4PSi. The van der Waals surface area contributed by atoms with Crippen LogP contribution >= 0.6 is 7.26 Å². The SMILES string of the molecule is CCCCC/C=C\C[C@@H](/C=C/C[P+](c1cccc(OC)c1)(c1cccc(OC)c1)c1cccc(OC)c1)O[Si](c1ccccc1)(c1ccccc1)C(C)(C)C.[Br-]. The van der Waals surface area contributed by atoms with Gasteiger partial charge in [0.25, 0.3) is 8.32 Å². The van der Waals surface area contributed by atoms with E-state index in [-0.39, 0.29) is 28.1 Å². The van der Waals surface area contributed by atoms with Crippen LogP contribution in [-0.4, -0.2) is 41.9 Å². The molecule has 0 aliphatic carbocycles. The molecule has 0 saturated carbocycles. The van der Waals surface area contributed by atoms with Gasteiger partial charge in [-0.25, -0.2) is 0 Å². The summed E-state index contributed by atoms with van der Waals surface area (Å²) in [7, 11) is -0.00230. The van der Waals surface area contributed by atoms with Crippen LogP contribution in [0.1, 0.15) is 59.8 Å². The van der Waals surface area contributed by atoms with Crippen molar-refractivity contribution >= 4 is 41.9 Å². The van der Waals surface area contributed by atoms with E-state index in [2.05, 4.69) is 167 Å². The van der Waals surface area contributed by atoms with Crippen molar-refractivity contribution in [2.75, 3.05) is 27.5 Å². The minimum atomic E-state index is -2.84. The van der Waals surface area contributed by atoms with Crippen LogP contribution in [-0.2, 0) is 4.43 Å². The second kappa shape index (κ2) is 21.6. The van der Waals surface area contributed by atoms with E-state index in [1.807, 2.05) is 18.2 Å². The number of hydrogen-bond donors (Lipinski definition) is 0. The molecule has 0 aliphatic rings. The van der Waals surface area contributed by atoms with Gasteiger partial charge in [-0.05, 0) is 77.1 Å². The van der Waals surface area contributed by atoms with Gasteiger partial charge < -0.3 is 35.6 Å². The van der Waals surface area contributed by atoms with E-state index in [1.54, 1.807) is 21.3 Å². The Labute approximate surface area is 349 Å². The Kier molecular flexibility index (Phi) is 17.2. The van der Waals surface area contributed by atoms with Crippen LogP contribution in [0.4, 0.5) is 0 Å². The van der Waals surface area contributed by atoms with Gasteiger partial charge in [-0.3, -0.25) is 0 Å². The van der Waals surface area contributed by atoms with Gasteiger partial charge in [0.1, 0.15) is 40.4 Å². The molecule has 7 heteroatoms. The van der Waals surface area contributed by atoms with Gasteiger partial charge in [0.05, 0.1) is 33.6 Å². The zero-order valence-corrected chi connectivity index (χ0v) is 37.8. The molecule has 4 nitrogen and oxygen atoms in total. The summed E-state index contributed by atoms with van der Waals surface area (Å²) >= 11 is 0. The first kappa shape index (κ1) is 44.8. The summed E-state index contributed by atoms with van der Waals surface area (Å²) in [6.07, 6.45) is 15.6. The van der Waals surface area contributed by atoms with E-state index in [4.69, 9.17) is 18.6 Å². The summed E-state index contributed by atoms with van der Waals surface area (Å²) in [5, 5.41) is 6.08. The quantitative estimate of drug-likeness (QED) is 0.0387. The third-order valence-corrected chi connectivity index (χ3v) is 19.8. The molecule has 5 rings (SSSR count). The molecule has 0 fully saturated rings. The normalized spacial score (nSPS) is 12.7. The topological polar surface area (TPSA) is 36.9 Å². The molecule has 0 amide bonds. The maximum absolute atomic E-state index is 7.80. The first-order chi connectivity index (χ1) is 26.7. The third-order valence-electron chi connectivity index (χ3n) is 10.5. The van der Waals surface area contributed by atoms with Crippen LogP contribution in [0.2, 0.25) is 5.04 Å². The van der Waals surface area contributed by atoms with Crippen molar-refractivity contribution in [3.63, 3.8) is 0 Å². The Hall–Kier alpha value is -3.93. The van der Waals surface area contributed by atoms with Crippen LogP contribution < -0.4 is 57.5 Å². The van der Waals surface area contributed by atoms with Crippen molar-refractivity contribution < 1.29 is 35.6 Å². The van der Waals surface area contributed by atoms with Crippen molar-refractivity contribution in [2.24, 2.45) is 0 Å². The molecule has 0 N–H and O–H groups in total. The van der Waals surface area contributed by atoms with Crippen molar-refractivity contribution in [3.8, 4) is 17.2 Å². The third kappa shape index (κ3) is 10.5. The molecule has 0 aromatic heterocycles. The summed E-state index contributed by atoms with van der Waals surface area (Å²) in [6, 6.07) is 47.7. The molecule has 5 aromatic carbocycles. The average molecular weight is 852 g/mol. The highest BCUT2D eigenvalue weighted by molar-refractivity contribution is 7.95. The second-order valence-electron chi connectivity index (χ2n) is 15.0. The lowest BCUT2D eigenvalue weighted by molar-refractivity contribution is -0.0000131. The predicted octanol–water partition coefficient (Wildman–Crippen LogP) is 7.04. The van der Waals surface area contributed by atoms with Crippen LogP contribution in [0, 0.1) is 0 Å². The fourth-order valence-corrected chi connectivity index (χ4v) is 16.3. The molecule has 0 bridgehead atoms. The largest absolute Gasteiger partial charge is 1.00 e. The fourth-order valence-electron chi connectivity index (χ4n) is 7.62. The number of allylic oxidation sites excluding steroid dienone is 2. The molecule has 0 heterocycles. The number of ether oxygens (including phenoxy) is 3. The molecule has 0 aliphatic heterocycles. The summed E-state index contributed by atoms with van der Waals surface area (Å²) in [4.78, 5) is 0. The number of benzene rings is 5. The summed E-state index contributed by atoms with van der Waals surface area (Å²) in [6.45, 7) is 9.32. The molecule has 1 atom stereocenters. The van der Waals surface area contributed by atoms with Crippen LogP contribution in [0.5, 0.6) is 17.2 Å². The first-order valence-electron chi connectivity index (χ1n) is 19.6. The Morgan fingerprint density at radius 2 is 1.05 bits per heavy atom. The minimum absolute atomic E-state index is 0. The smallest absolute Gasteiger partial charge is 0.261 e. The summed E-state index contributed by atoms with van der Waals surface area (Å²) in [5.41, 5.74) is 0. The van der Waals surface area contributed by atoms with Crippen LogP contribution in [0.15, 0.2) is 158 Å². The molecule has 56 heavy (non-hydrogen) atoms. The minimum Gasteiger partial charge on any atom is -1.00 e. The Morgan fingerprint density at radius 1 is 0.589 bits per heavy atom. The van der Waals surface area contributed by atoms with Crippen LogP contribution in [0.3, 0.4) is 0 Å². The van der Waals surface area contributed by atoms with Gasteiger partial charge in [0, 0.05) is 18.2 Å². The van der Waals surface area contributed by atoms with E-state index in [0.717, 1.165) is 36.3 Å². The van der Waals surface area contributed by atoms with Gasteiger partial charge in [-0.15, -0.1) is 0 Å². The number of hydrogen-bond acceptors (Lipinski definition) is 4. The zero-order valence-electron chi connectivity index (χ0n) is 34.3. The van der Waals surface area contributed by atoms with Gasteiger partial charge in [0.15, 0.2) is 0 Å². The highest BCUT2D eigenvalue weighted by atomic mass is 79.9. The van der Waals surface area contributed by atoms with Crippen molar-refractivity contribution in [2.45, 2.75) is 70.9 Å². The molecular weight excluding hydrogens is 791 g/mol. The highest BCUT2D eigenvalue weighted by Crippen LogP contribution is 2.56.